The molecule has 0 spiro atoms. The van der Waals surface area contributed by atoms with E-state index in [-0.39, 0.29) is 5.75 Å². The van der Waals surface area contributed by atoms with Crippen molar-refractivity contribution in [3.63, 3.8) is 0 Å². The Morgan fingerprint density at radius 3 is 2.43 bits per heavy atom. The van der Waals surface area contributed by atoms with E-state index in [1.165, 1.54) is 0 Å². The number of phenols is 1. The fourth-order valence-electron chi connectivity index (χ4n) is 2.81. The van der Waals surface area contributed by atoms with Gasteiger partial charge in [0.15, 0.2) is 0 Å². The third-order valence-corrected chi connectivity index (χ3v) is 4.21. The molecule has 1 heterocycles. The largest absolute Gasteiger partial charge is 0.507 e. The van der Waals surface area contributed by atoms with E-state index in [0.29, 0.717) is 5.02 Å². The second-order valence-corrected chi connectivity index (χ2v) is 5.95. The molecule has 3 heteroatoms. The van der Waals surface area contributed by atoms with Gasteiger partial charge in [-0.2, -0.15) is 0 Å². The molecule has 0 amide bonds. The van der Waals surface area contributed by atoms with Crippen LogP contribution in [0.3, 0.4) is 0 Å². The first kappa shape index (κ1) is 13.9. The van der Waals surface area contributed by atoms with E-state index in [9.17, 15) is 5.11 Å². The van der Waals surface area contributed by atoms with Gasteiger partial charge in [0.25, 0.3) is 0 Å². The lowest BCUT2D eigenvalue weighted by Gasteiger charge is -2.07. The molecule has 0 aliphatic rings. The topological polar surface area (TPSA) is 36.0 Å². The highest BCUT2D eigenvalue weighted by Crippen LogP contribution is 2.35. The first-order valence-electron chi connectivity index (χ1n) is 7.38. The summed E-state index contributed by atoms with van der Waals surface area (Å²) in [6, 6.07) is 23.5. The lowest BCUT2D eigenvalue weighted by Crippen LogP contribution is -1.82. The van der Waals surface area contributed by atoms with Gasteiger partial charge in [-0.3, -0.25) is 0 Å². The molecule has 2 N–H and O–H groups in total. The Kier molecular flexibility index (Phi) is 3.32. The Morgan fingerprint density at radius 1 is 0.783 bits per heavy atom. The van der Waals surface area contributed by atoms with Gasteiger partial charge < -0.3 is 10.1 Å². The Bertz CT molecular complexity index is 989. The Balaban J connectivity index is 1.86. The molecule has 0 saturated carbocycles. The van der Waals surface area contributed by atoms with Crippen LogP contribution >= 0.6 is 11.6 Å². The van der Waals surface area contributed by atoms with Crippen molar-refractivity contribution in [1.82, 2.24) is 4.98 Å². The van der Waals surface area contributed by atoms with E-state index < -0.39 is 0 Å². The third kappa shape index (κ3) is 2.58. The standard InChI is InChI=1S/C20H14ClNO/c21-16-7-8-18-15(10-16)12-19(22-18)17-11-14(6-9-20(17)23)13-4-2-1-3-5-13/h1-12,22-23H. The molecule has 0 aliphatic carbocycles. The molecule has 0 bridgehead atoms. The maximum Gasteiger partial charge on any atom is 0.124 e. The number of aromatic amines is 1. The first-order chi connectivity index (χ1) is 11.2. The van der Waals surface area contributed by atoms with Gasteiger partial charge >= 0.3 is 0 Å². The number of phenolic OH excluding ortho intramolecular Hbond substituents is 1. The molecule has 1 aromatic heterocycles. The van der Waals surface area contributed by atoms with Crippen LogP contribution in [-0.4, -0.2) is 10.1 Å². The number of nitrogens with one attached hydrogen (secondary N) is 1. The Hall–Kier alpha value is -2.71. The number of hydrogen-bond donors (Lipinski definition) is 2. The minimum atomic E-state index is 0.252. The van der Waals surface area contributed by atoms with Crippen LogP contribution in [0.25, 0.3) is 33.3 Å². The lowest BCUT2D eigenvalue weighted by molar-refractivity contribution is 0.477. The number of H-pyrrole nitrogens is 1. The average molecular weight is 320 g/mol. The van der Waals surface area contributed by atoms with E-state index in [2.05, 4.69) is 17.1 Å². The van der Waals surface area contributed by atoms with Crippen LogP contribution in [0.15, 0.2) is 72.8 Å². The van der Waals surface area contributed by atoms with Gasteiger partial charge in [0.2, 0.25) is 0 Å². The minimum absolute atomic E-state index is 0.252. The number of fused-ring (bicyclic) bond motifs is 1. The lowest BCUT2D eigenvalue weighted by atomic mass is 10.0. The molecule has 4 rings (SSSR count). The number of halogens is 1. The Labute approximate surface area is 139 Å². The molecule has 0 radical (unpaired) electrons. The van der Waals surface area contributed by atoms with E-state index in [4.69, 9.17) is 11.6 Å². The molecule has 0 unspecified atom stereocenters. The fraction of sp³-hybridized carbons (Fsp3) is 0. The van der Waals surface area contributed by atoms with Gasteiger partial charge in [-0.1, -0.05) is 48.0 Å². The predicted octanol–water partition coefficient (Wildman–Crippen LogP) is 5.86. The van der Waals surface area contributed by atoms with Crippen molar-refractivity contribution in [1.29, 1.82) is 0 Å². The zero-order valence-electron chi connectivity index (χ0n) is 12.3. The van der Waals surface area contributed by atoms with E-state index in [0.717, 1.165) is 33.3 Å². The average Bonchev–Trinajstić information content (AvgIpc) is 2.99. The van der Waals surface area contributed by atoms with Gasteiger partial charge in [-0.25, -0.2) is 0 Å². The second-order valence-electron chi connectivity index (χ2n) is 5.51. The summed E-state index contributed by atoms with van der Waals surface area (Å²) >= 11 is 6.05. The molecule has 0 saturated heterocycles. The quantitative estimate of drug-likeness (QED) is 0.477. The van der Waals surface area contributed by atoms with E-state index in [1.807, 2.05) is 54.6 Å². The van der Waals surface area contributed by atoms with Gasteiger partial charge in [0, 0.05) is 21.5 Å². The summed E-state index contributed by atoms with van der Waals surface area (Å²) in [4.78, 5) is 3.34. The molecule has 0 aliphatic heterocycles. The molecule has 23 heavy (non-hydrogen) atoms. The van der Waals surface area contributed by atoms with Gasteiger partial charge in [-0.05, 0) is 47.5 Å². The summed E-state index contributed by atoms with van der Waals surface area (Å²) in [5.41, 5.74) is 4.83. The second kappa shape index (κ2) is 5.49. The van der Waals surface area contributed by atoms with Gasteiger partial charge in [-0.15, -0.1) is 0 Å². The molecule has 4 aromatic rings. The molecular formula is C20H14ClNO. The molecule has 0 fully saturated rings. The zero-order valence-corrected chi connectivity index (χ0v) is 13.0. The van der Waals surface area contributed by atoms with Crippen molar-refractivity contribution < 1.29 is 5.11 Å². The highest BCUT2D eigenvalue weighted by Gasteiger charge is 2.10. The maximum absolute atomic E-state index is 10.3. The predicted molar refractivity (Wildman–Crippen MR) is 95.8 cm³/mol. The van der Waals surface area contributed by atoms with E-state index >= 15 is 0 Å². The summed E-state index contributed by atoms with van der Waals surface area (Å²) in [5, 5.41) is 12.0. The van der Waals surface area contributed by atoms with Crippen molar-refractivity contribution in [2.24, 2.45) is 0 Å². The zero-order chi connectivity index (χ0) is 15.8. The normalized spacial score (nSPS) is 11.0. The van der Waals surface area contributed by atoms with Crippen LogP contribution < -0.4 is 0 Å². The van der Waals surface area contributed by atoms with E-state index in [1.54, 1.807) is 6.07 Å². The molecule has 2 nitrogen and oxygen atoms in total. The number of aromatic hydroxyl groups is 1. The summed E-state index contributed by atoms with van der Waals surface area (Å²) in [5.74, 6) is 0.252. The van der Waals surface area contributed by atoms with Crippen LogP contribution in [0.5, 0.6) is 5.75 Å². The van der Waals surface area contributed by atoms with Crippen LogP contribution in [0.1, 0.15) is 0 Å². The highest BCUT2D eigenvalue weighted by atomic mass is 35.5. The van der Waals surface area contributed by atoms with Crippen molar-refractivity contribution in [2.45, 2.75) is 0 Å². The summed E-state index contributed by atoms with van der Waals surface area (Å²) in [7, 11) is 0. The van der Waals surface area contributed by atoms with Crippen molar-refractivity contribution in [2.75, 3.05) is 0 Å². The number of hydrogen-bond acceptors (Lipinski definition) is 1. The third-order valence-electron chi connectivity index (χ3n) is 3.98. The van der Waals surface area contributed by atoms with Crippen molar-refractivity contribution >= 4 is 22.5 Å². The minimum Gasteiger partial charge on any atom is -0.507 e. The fourth-order valence-corrected chi connectivity index (χ4v) is 2.99. The molecule has 112 valence electrons. The van der Waals surface area contributed by atoms with Crippen LogP contribution in [-0.2, 0) is 0 Å². The van der Waals surface area contributed by atoms with Gasteiger partial charge in [0.05, 0.1) is 5.69 Å². The maximum atomic E-state index is 10.3. The summed E-state index contributed by atoms with van der Waals surface area (Å²) in [6.07, 6.45) is 0. The van der Waals surface area contributed by atoms with Crippen LogP contribution in [0.4, 0.5) is 0 Å². The Morgan fingerprint density at radius 2 is 1.61 bits per heavy atom. The molecule has 3 aromatic carbocycles. The van der Waals surface area contributed by atoms with Crippen molar-refractivity contribution in [3.05, 3.63) is 77.8 Å². The number of aromatic nitrogens is 1. The molecular weight excluding hydrogens is 306 g/mol. The highest BCUT2D eigenvalue weighted by molar-refractivity contribution is 6.31. The SMILES string of the molecule is Oc1ccc(-c2ccccc2)cc1-c1cc2cc(Cl)ccc2[nH]1. The smallest absolute Gasteiger partial charge is 0.124 e. The van der Waals surface area contributed by atoms with Crippen LogP contribution in [0.2, 0.25) is 5.02 Å². The summed E-state index contributed by atoms with van der Waals surface area (Å²) in [6.45, 7) is 0. The monoisotopic (exact) mass is 319 g/mol. The number of benzene rings is 3. The van der Waals surface area contributed by atoms with Crippen molar-refractivity contribution in [3.8, 4) is 28.1 Å². The molecule has 0 atom stereocenters. The number of rotatable bonds is 2. The summed E-state index contributed by atoms with van der Waals surface area (Å²) < 4.78 is 0. The van der Waals surface area contributed by atoms with Gasteiger partial charge in [0.1, 0.15) is 5.75 Å². The van der Waals surface area contributed by atoms with Crippen LogP contribution in [0, 0.1) is 0 Å². The first-order valence-corrected chi connectivity index (χ1v) is 7.75.